The maximum Gasteiger partial charge on any atom is 0.449 e. The van der Waals surface area contributed by atoms with E-state index in [4.69, 9.17) is 9.66 Å². The average molecular weight is 296 g/mol. The average Bonchev–Trinajstić information content (AvgIpc) is 2.35. The molecule has 2 N–H and O–H groups in total. The summed E-state index contributed by atoms with van der Waals surface area (Å²) in [5.74, 6) is -2.38. The number of hydrogen-bond acceptors (Lipinski definition) is 5. The van der Waals surface area contributed by atoms with Gasteiger partial charge in [0.1, 0.15) is 0 Å². The molecule has 104 valence electrons. The molecule has 8 heteroatoms. The molecule has 0 saturated heterocycles. The zero-order valence-corrected chi connectivity index (χ0v) is 10.6. The highest BCUT2D eigenvalue weighted by Gasteiger charge is 2.16. The third kappa shape index (κ3) is 3.11. The number of aromatic carboxylic acids is 1. The number of carboxylic acid groups (broad SMARTS) is 1. The van der Waals surface area contributed by atoms with E-state index >= 15 is 0 Å². The lowest BCUT2D eigenvalue weighted by atomic mass is 10.0. The number of hydrogen-bond donors (Lipinski definition) is 2. The summed E-state index contributed by atoms with van der Waals surface area (Å²) in [7, 11) is -4.89. The van der Waals surface area contributed by atoms with Crippen LogP contribution in [0.3, 0.4) is 0 Å². The molecule has 7 nitrogen and oxygen atoms in total. The molecule has 0 aliphatic rings. The molecule has 2 aromatic rings. The second kappa shape index (κ2) is 4.91. The fourth-order valence-corrected chi connectivity index (χ4v) is 1.94. The Hall–Kier alpha value is -2.45. The number of carbonyl (C=O) groups excluding carboxylic acids is 1. The third-order valence-corrected chi connectivity index (χ3v) is 2.87. The van der Waals surface area contributed by atoms with Crippen molar-refractivity contribution >= 4 is 33.1 Å². The van der Waals surface area contributed by atoms with E-state index in [9.17, 15) is 18.0 Å². The van der Waals surface area contributed by atoms with E-state index in [1.54, 1.807) is 6.07 Å². The van der Waals surface area contributed by atoms with Gasteiger partial charge in [-0.05, 0) is 35.0 Å². The molecule has 0 unspecified atom stereocenters. The summed E-state index contributed by atoms with van der Waals surface area (Å²) in [6.45, 7) is 0. The van der Waals surface area contributed by atoms with Crippen LogP contribution in [0.2, 0.25) is 0 Å². The molecule has 0 aliphatic heterocycles. The quantitative estimate of drug-likeness (QED) is 0.824. The molecular formula is C12H8O7S. The standard InChI is InChI=1S/C12H8O7S/c13-11(14)8-3-1-7-2-4-9(6-10(7)5-8)12(15)19-20(16,17)18/h1-6H,(H,13,14)(H,16,17,18). The van der Waals surface area contributed by atoms with Gasteiger partial charge in [0.15, 0.2) is 0 Å². The van der Waals surface area contributed by atoms with Crippen LogP contribution in [0.5, 0.6) is 0 Å². The van der Waals surface area contributed by atoms with Gasteiger partial charge in [0.2, 0.25) is 0 Å². The molecule has 0 aliphatic carbocycles. The predicted octanol–water partition coefficient (Wildman–Crippen LogP) is 1.50. The number of carbonyl (C=O) groups is 2. The number of carboxylic acids is 1. The number of rotatable bonds is 3. The highest BCUT2D eigenvalue weighted by molar-refractivity contribution is 7.81. The molecule has 0 amide bonds. The summed E-state index contributed by atoms with van der Waals surface area (Å²) in [5, 5.41) is 9.96. The smallest absolute Gasteiger partial charge is 0.449 e. The maximum absolute atomic E-state index is 11.4. The topological polar surface area (TPSA) is 118 Å². The summed E-state index contributed by atoms with van der Waals surface area (Å²) in [6.07, 6.45) is 0. The highest BCUT2D eigenvalue weighted by atomic mass is 32.3. The minimum Gasteiger partial charge on any atom is -0.478 e. The zero-order chi connectivity index (χ0) is 14.9. The van der Waals surface area contributed by atoms with Gasteiger partial charge in [0, 0.05) is 0 Å². The first-order valence-electron chi connectivity index (χ1n) is 5.24. The molecule has 0 saturated carbocycles. The number of fused-ring (bicyclic) bond motifs is 1. The molecular weight excluding hydrogens is 288 g/mol. The Morgan fingerprint density at radius 3 is 2.05 bits per heavy atom. The Labute approximate surface area is 113 Å². The van der Waals surface area contributed by atoms with Crippen LogP contribution < -0.4 is 0 Å². The molecule has 2 rings (SSSR count). The first-order chi connectivity index (χ1) is 9.26. The number of benzene rings is 2. The Morgan fingerprint density at radius 2 is 1.50 bits per heavy atom. The van der Waals surface area contributed by atoms with Gasteiger partial charge in [0.25, 0.3) is 0 Å². The van der Waals surface area contributed by atoms with Crippen LogP contribution >= 0.6 is 0 Å². The normalized spacial score (nSPS) is 11.2. The van der Waals surface area contributed by atoms with E-state index in [-0.39, 0.29) is 11.1 Å². The summed E-state index contributed by atoms with van der Waals surface area (Å²) < 4.78 is 33.2. The lowest BCUT2D eigenvalue weighted by Crippen LogP contribution is -2.11. The Kier molecular flexibility index (Phi) is 3.43. The van der Waals surface area contributed by atoms with E-state index in [1.807, 2.05) is 0 Å². The van der Waals surface area contributed by atoms with Gasteiger partial charge in [-0.2, -0.15) is 8.42 Å². The lowest BCUT2D eigenvalue weighted by Gasteiger charge is -2.03. The molecule has 0 fully saturated rings. The van der Waals surface area contributed by atoms with Crippen molar-refractivity contribution in [3.63, 3.8) is 0 Å². The van der Waals surface area contributed by atoms with E-state index in [1.165, 1.54) is 30.3 Å². The van der Waals surface area contributed by atoms with Crippen molar-refractivity contribution in [3.8, 4) is 0 Å². The van der Waals surface area contributed by atoms with Crippen LogP contribution in [0.25, 0.3) is 10.8 Å². The minimum atomic E-state index is -4.89. The van der Waals surface area contributed by atoms with Crippen LogP contribution in [0, 0.1) is 0 Å². The fourth-order valence-electron chi connectivity index (χ4n) is 1.65. The molecule has 20 heavy (non-hydrogen) atoms. The van der Waals surface area contributed by atoms with Crippen LogP contribution in [-0.4, -0.2) is 30.0 Å². The van der Waals surface area contributed by atoms with Crippen molar-refractivity contribution in [2.45, 2.75) is 0 Å². The van der Waals surface area contributed by atoms with Gasteiger partial charge in [0.05, 0.1) is 11.1 Å². The first-order valence-corrected chi connectivity index (χ1v) is 6.61. The van der Waals surface area contributed by atoms with Crippen LogP contribution in [0.1, 0.15) is 20.7 Å². The van der Waals surface area contributed by atoms with E-state index in [2.05, 4.69) is 4.18 Å². The molecule has 0 bridgehead atoms. The van der Waals surface area contributed by atoms with E-state index < -0.39 is 22.3 Å². The Balaban J connectivity index is 2.46. The highest BCUT2D eigenvalue weighted by Crippen LogP contribution is 2.19. The summed E-state index contributed by atoms with van der Waals surface area (Å²) in [5.41, 5.74) is -0.101. The van der Waals surface area contributed by atoms with Crippen molar-refractivity contribution in [1.29, 1.82) is 0 Å². The Bertz CT molecular complexity index is 808. The molecule has 0 aromatic heterocycles. The molecule has 0 heterocycles. The van der Waals surface area contributed by atoms with Crippen molar-refractivity contribution in [1.82, 2.24) is 0 Å². The molecule has 2 aromatic carbocycles. The predicted molar refractivity (Wildman–Crippen MR) is 67.9 cm³/mol. The first kappa shape index (κ1) is 14.0. The van der Waals surface area contributed by atoms with Gasteiger partial charge >= 0.3 is 22.3 Å². The van der Waals surface area contributed by atoms with Gasteiger partial charge in [-0.15, -0.1) is 0 Å². The van der Waals surface area contributed by atoms with Gasteiger partial charge < -0.3 is 9.29 Å². The third-order valence-electron chi connectivity index (χ3n) is 2.50. The largest absolute Gasteiger partial charge is 0.478 e. The van der Waals surface area contributed by atoms with Crippen LogP contribution in [-0.2, 0) is 14.6 Å². The van der Waals surface area contributed by atoms with Gasteiger partial charge in [-0.3, -0.25) is 4.55 Å². The summed E-state index contributed by atoms with van der Waals surface area (Å²) in [6, 6.07) is 8.37. The second-order valence-electron chi connectivity index (χ2n) is 3.88. The maximum atomic E-state index is 11.4. The molecule has 0 atom stereocenters. The SMILES string of the molecule is O=C(O)c1ccc2ccc(C(=O)OS(=O)(=O)O)cc2c1. The summed E-state index contributed by atoms with van der Waals surface area (Å²) >= 11 is 0. The van der Waals surface area contributed by atoms with E-state index in [0.29, 0.717) is 10.8 Å². The van der Waals surface area contributed by atoms with Crippen molar-refractivity contribution in [2.24, 2.45) is 0 Å². The summed E-state index contributed by atoms with van der Waals surface area (Å²) in [4.78, 5) is 22.3. The van der Waals surface area contributed by atoms with Crippen molar-refractivity contribution < 1.29 is 31.8 Å². The van der Waals surface area contributed by atoms with Gasteiger partial charge in [-0.1, -0.05) is 12.1 Å². The lowest BCUT2D eigenvalue weighted by molar-refractivity contribution is 0.0693. The molecule has 0 radical (unpaired) electrons. The van der Waals surface area contributed by atoms with Crippen LogP contribution in [0.4, 0.5) is 0 Å². The minimum absolute atomic E-state index is 0.0257. The van der Waals surface area contributed by atoms with E-state index in [0.717, 1.165) is 0 Å². The second-order valence-corrected chi connectivity index (χ2v) is 4.90. The van der Waals surface area contributed by atoms with Crippen LogP contribution in [0.15, 0.2) is 36.4 Å². The van der Waals surface area contributed by atoms with Crippen molar-refractivity contribution in [3.05, 3.63) is 47.5 Å². The Morgan fingerprint density at radius 1 is 0.950 bits per heavy atom. The fraction of sp³-hybridized carbons (Fsp3) is 0. The monoisotopic (exact) mass is 296 g/mol. The molecule has 0 spiro atoms. The van der Waals surface area contributed by atoms with Gasteiger partial charge in [-0.25, -0.2) is 9.59 Å². The van der Waals surface area contributed by atoms with Crippen molar-refractivity contribution in [2.75, 3.05) is 0 Å². The zero-order valence-electron chi connectivity index (χ0n) is 9.81.